The van der Waals surface area contributed by atoms with Gasteiger partial charge in [-0.05, 0) is 48.8 Å². The number of thiazole rings is 1. The van der Waals surface area contributed by atoms with Gasteiger partial charge >= 0.3 is 0 Å². The molecule has 0 unspecified atom stereocenters. The second kappa shape index (κ2) is 5.88. The van der Waals surface area contributed by atoms with Crippen LogP contribution >= 0.6 is 34.9 Å². The molecular weight excluding hydrogens is 322 g/mol. The van der Waals surface area contributed by atoms with E-state index in [0.29, 0.717) is 4.88 Å². The van der Waals surface area contributed by atoms with Crippen LogP contribution in [0, 0.1) is 6.92 Å². The van der Waals surface area contributed by atoms with Crippen LogP contribution < -0.4 is 10.6 Å². The molecule has 2 N–H and O–H groups in total. The number of anilines is 1. The first-order valence-corrected chi connectivity index (χ1v) is 8.25. The zero-order valence-corrected chi connectivity index (χ0v) is 13.5. The van der Waals surface area contributed by atoms with Crippen molar-refractivity contribution in [3.8, 4) is 0 Å². The number of nitrogens with one attached hydrogen (secondary N) is 2. The monoisotopic (exact) mass is 333 g/mol. The summed E-state index contributed by atoms with van der Waals surface area (Å²) in [6.45, 7) is 1.98. The van der Waals surface area contributed by atoms with Crippen molar-refractivity contribution < 1.29 is 4.79 Å². The van der Waals surface area contributed by atoms with E-state index in [1.807, 2.05) is 36.6 Å². The van der Waals surface area contributed by atoms with Crippen LogP contribution in [-0.4, -0.2) is 16.0 Å². The summed E-state index contributed by atoms with van der Waals surface area (Å²) in [5.41, 5.74) is 1.74. The summed E-state index contributed by atoms with van der Waals surface area (Å²) in [6.07, 6.45) is 0. The molecule has 0 atom stereocenters. The van der Waals surface area contributed by atoms with Gasteiger partial charge in [-0.2, -0.15) is 0 Å². The minimum Gasteiger partial charge on any atom is -0.332 e. The van der Waals surface area contributed by atoms with Gasteiger partial charge in [0.2, 0.25) is 0 Å². The Labute approximate surface area is 134 Å². The van der Waals surface area contributed by atoms with E-state index < -0.39 is 0 Å². The van der Waals surface area contributed by atoms with E-state index in [-0.39, 0.29) is 11.0 Å². The van der Waals surface area contributed by atoms with Crippen molar-refractivity contribution in [2.75, 3.05) is 5.32 Å². The first-order valence-electron chi connectivity index (χ1n) is 6.15. The lowest BCUT2D eigenvalue weighted by molar-refractivity contribution is 0.0981. The molecule has 0 fully saturated rings. The number of aryl methyl sites for hydroxylation is 1. The molecule has 0 aliphatic rings. The van der Waals surface area contributed by atoms with Gasteiger partial charge in [-0.25, -0.2) is 4.98 Å². The van der Waals surface area contributed by atoms with Crippen molar-refractivity contribution in [1.82, 2.24) is 10.3 Å². The van der Waals surface area contributed by atoms with Crippen molar-refractivity contribution in [1.29, 1.82) is 0 Å². The fourth-order valence-electron chi connectivity index (χ4n) is 1.86. The van der Waals surface area contributed by atoms with E-state index in [1.165, 1.54) is 11.3 Å². The second-order valence-electron chi connectivity index (χ2n) is 4.30. The first-order chi connectivity index (χ1) is 10.1. The average molecular weight is 333 g/mol. The lowest BCUT2D eigenvalue weighted by Gasteiger charge is -2.08. The maximum absolute atomic E-state index is 11.9. The lowest BCUT2D eigenvalue weighted by atomic mass is 10.3. The topological polar surface area (TPSA) is 54.0 Å². The summed E-state index contributed by atoms with van der Waals surface area (Å²) in [7, 11) is 0. The van der Waals surface area contributed by atoms with E-state index in [1.54, 1.807) is 17.4 Å². The third-order valence-corrected chi connectivity index (χ3v) is 4.75. The summed E-state index contributed by atoms with van der Waals surface area (Å²) in [4.78, 5) is 16.9. The zero-order valence-electron chi connectivity index (χ0n) is 11.0. The molecule has 4 nitrogen and oxygen atoms in total. The van der Waals surface area contributed by atoms with Gasteiger partial charge in [0.1, 0.15) is 0 Å². The molecule has 7 heteroatoms. The fourth-order valence-corrected chi connectivity index (χ4v) is 3.49. The smallest absolute Gasteiger partial charge is 0.267 e. The predicted octanol–water partition coefficient (Wildman–Crippen LogP) is 3.79. The minimum absolute atomic E-state index is 0.201. The molecule has 0 radical (unpaired) electrons. The van der Waals surface area contributed by atoms with Crippen LogP contribution in [0.4, 0.5) is 5.69 Å². The molecule has 1 aromatic carbocycles. The number of benzene rings is 1. The highest BCUT2D eigenvalue weighted by molar-refractivity contribution is 7.80. The molecule has 2 heterocycles. The molecule has 2 aromatic heterocycles. The Morgan fingerprint density at radius 3 is 2.95 bits per heavy atom. The molecule has 3 rings (SSSR count). The van der Waals surface area contributed by atoms with Crippen LogP contribution in [0.1, 0.15) is 14.7 Å². The van der Waals surface area contributed by atoms with E-state index in [9.17, 15) is 4.79 Å². The standard InChI is InChI=1S/C14H11N3OS3/c1-8-15-10-7-9(4-5-11(10)21-8)16-14(19)17-13(18)12-3-2-6-20-12/h2-7H,1H3,(H2,16,17,18,19). The Balaban J connectivity index is 1.69. The highest BCUT2D eigenvalue weighted by Crippen LogP contribution is 2.24. The minimum atomic E-state index is -0.201. The quantitative estimate of drug-likeness (QED) is 0.701. The number of amides is 1. The van der Waals surface area contributed by atoms with E-state index in [4.69, 9.17) is 12.2 Å². The number of thiophene rings is 1. The summed E-state index contributed by atoms with van der Waals surface area (Å²) in [6, 6.07) is 9.42. The van der Waals surface area contributed by atoms with Crippen molar-refractivity contribution in [2.45, 2.75) is 6.92 Å². The molecule has 0 bridgehead atoms. The van der Waals surface area contributed by atoms with Gasteiger partial charge in [0.25, 0.3) is 5.91 Å². The predicted molar refractivity (Wildman–Crippen MR) is 92.4 cm³/mol. The van der Waals surface area contributed by atoms with E-state index in [2.05, 4.69) is 15.6 Å². The first kappa shape index (κ1) is 14.1. The number of hydrogen-bond acceptors (Lipinski definition) is 5. The van der Waals surface area contributed by atoms with E-state index >= 15 is 0 Å². The molecule has 0 aliphatic carbocycles. The van der Waals surface area contributed by atoms with Crippen molar-refractivity contribution in [3.05, 3.63) is 45.6 Å². The van der Waals surface area contributed by atoms with Gasteiger partial charge in [-0.15, -0.1) is 22.7 Å². The Hall–Kier alpha value is -1.83. The molecule has 0 saturated carbocycles. The van der Waals surface area contributed by atoms with Crippen molar-refractivity contribution in [2.24, 2.45) is 0 Å². The lowest BCUT2D eigenvalue weighted by Crippen LogP contribution is -2.33. The molecule has 1 amide bonds. The third-order valence-electron chi connectivity index (χ3n) is 2.72. The number of fused-ring (bicyclic) bond motifs is 1. The number of aromatic nitrogens is 1. The van der Waals surface area contributed by atoms with Crippen LogP contribution in [0.5, 0.6) is 0 Å². The molecular formula is C14H11N3OS3. The number of hydrogen-bond donors (Lipinski definition) is 2. The van der Waals surface area contributed by atoms with Gasteiger partial charge in [0.05, 0.1) is 20.1 Å². The summed E-state index contributed by atoms with van der Waals surface area (Å²) in [5, 5.41) is 8.82. The molecule has 21 heavy (non-hydrogen) atoms. The maximum atomic E-state index is 11.9. The summed E-state index contributed by atoms with van der Waals surface area (Å²) >= 11 is 8.18. The zero-order chi connectivity index (χ0) is 14.8. The number of rotatable bonds is 2. The number of carbonyl (C=O) groups is 1. The Bertz CT molecular complexity index is 808. The Morgan fingerprint density at radius 1 is 1.33 bits per heavy atom. The molecule has 0 spiro atoms. The van der Waals surface area contributed by atoms with Gasteiger partial charge in [0.15, 0.2) is 5.11 Å². The Morgan fingerprint density at radius 2 is 2.19 bits per heavy atom. The molecule has 106 valence electrons. The molecule has 0 aliphatic heterocycles. The number of nitrogens with zero attached hydrogens (tertiary/aromatic N) is 1. The van der Waals surface area contributed by atoms with Crippen LogP contribution in [0.3, 0.4) is 0 Å². The number of carbonyl (C=O) groups excluding carboxylic acids is 1. The van der Waals surface area contributed by atoms with Crippen LogP contribution in [-0.2, 0) is 0 Å². The molecule has 0 saturated heterocycles. The van der Waals surface area contributed by atoms with E-state index in [0.717, 1.165) is 20.9 Å². The maximum Gasteiger partial charge on any atom is 0.267 e. The third kappa shape index (κ3) is 3.26. The van der Waals surface area contributed by atoms with Crippen LogP contribution in [0.25, 0.3) is 10.2 Å². The second-order valence-corrected chi connectivity index (χ2v) is 6.89. The SMILES string of the molecule is Cc1nc2cc(NC(=S)NC(=O)c3cccs3)ccc2s1. The van der Waals surface area contributed by atoms with Crippen molar-refractivity contribution in [3.63, 3.8) is 0 Å². The Kier molecular flexibility index (Phi) is 3.96. The van der Waals surface area contributed by atoms with Crippen LogP contribution in [0.2, 0.25) is 0 Å². The fraction of sp³-hybridized carbons (Fsp3) is 0.0714. The summed E-state index contributed by atoms with van der Waals surface area (Å²) in [5.74, 6) is -0.201. The highest BCUT2D eigenvalue weighted by Gasteiger charge is 2.09. The molecule has 3 aromatic rings. The highest BCUT2D eigenvalue weighted by atomic mass is 32.1. The number of thiocarbonyl (C=S) groups is 1. The summed E-state index contributed by atoms with van der Waals surface area (Å²) < 4.78 is 1.13. The van der Waals surface area contributed by atoms with Crippen LogP contribution in [0.15, 0.2) is 35.7 Å². The van der Waals surface area contributed by atoms with Gasteiger partial charge in [0, 0.05) is 5.69 Å². The largest absolute Gasteiger partial charge is 0.332 e. The van der Waals surface area contributed by atoms with Gasteiger partial charge in [-0.1, -0.05) is 6.07 Å². The van der Waals surface area contributed by atoms with Crippen molar-refractivity contribution >= 4 is 61.8 Å². The van der Waals surface area contributed by atoms with Gasteiger partial charge < -0.3 is 5.32 Å². The van der Waals surface area contributed by atoms with Gasteiger partial charge in [-0.3, -0.25) is 10.1 Å². The average Bonchev–Trinajstić information content (AvgIpc) is 3.05. The normalized spacial score (nSPS) is 10.5.